The van der Waals surface area contributed by atoms with Gasteiger partial charge in [-0.15, -0.1) is 11.3 Å². The Morgan fingerprint density at radius 2 is 2.00 bits per heavy atom. The van der Waals surface area contributed by atoms with Crippen LogP contribution in [0.1, 0.15) is 46.9 Å². The fraction of sp³-hybridized carbons (Fsp3) is 0.353. The van der Waals surface area contributed by atoms with Crippen LogP contribution in [-0.4, -0.2) is 22.0 Å². The summed E-state index contributed by atoms with van der Waals surface area (Å²) in [6.45, 7) is 5.74. The van der Waals surface area contributed by atoms with Gasteiger partial charge in [0, 0.05) is 17.5 Å². The maximum atomic E-state index is 12.2. The third-order valence-corrected chi connectivity index (χ3v) is 4.76. The minimum Gasteiger partial charge on any atom is -0.478 e. The number of carboxylic acid groups (broad SMARTS) is 1. The standard InChI is InChI=1S/C17H20N2O3S/c1-11-10-23-16(18-11)17(2,3)19-14(20)9-8-12-6-4-5-7-13(12)15(21)22/h4-7,10H,8-9H2,1-3H3,(H,19,20)(H,21,22). The molecule has 0 aliphatic heterocycles. The molecule has 0 unspecified atom stereocenters. The van der Waals surface area contributed by atoms with Crippen LogP contribution < -0.4 is 5.32 Å². The third-order valence-electron chi connectivity index (χ3n) is 3.47. The Bertz CT molecular complexity index is 722. The maximum absolute atomic E-state index is 12.2. The van der Waals surface area contributed by atoms with Crippen molar-refractivity contribution in [3.05, 3.63) is 51.5 Å². The van der Waals surface area contributed by atoms with E-state index in [0.29, 0.717) is 12.0 Å². The van der Waals surface area contributed by atoms with Gasteiger partial charge in [-0.3, -0.25) is 4.79 Å². The van der Waals surface area contributed by atoms with E-state index in [0.717, 1.165) is 10.7 Å². The van der Waals surface area contributed by atoms with E-state index in [-0.39, 0.29) is 17.9 Å². The van der Waals surface area contributed by atoms with E-state index < -0.39 is 11.5 Å². The highest BCUT2D eigenvalue weighted by Crippen LogP contribution is 2.24. The molecule has 1 amide bonds. The van der Waals surface area contributed by atoms with Gasteiger partial charge in [-0.2, -0.15) is 0 Å². The maximum Gasteiger partial charge on any atom is 0.335 e. The Kier molecular flexibility index (Phi) is 5.15. The van der Waals surface area contributed by atoms with Crippen molar-refractivity contribution in [2.75, 3.05) is 0 Å². The van der Waals surface area contributed by atoms with E-state index in [9.17, 15) is 9.59 Å². The molecule has 1 aromatic carbocycles. The summed E-state index contributed by atoms with van der Waals surface area (Å²) < 4.78 is 0. The van der Waals surface area contributed by atoms with Crippen molar-refractivity contribution < 1.29 is 14.7 Å². The summed E-state index contributed by atoms with van der Waals surface area (Å²) in [6, 6.07) is 6.76. The quantitative estimate of drug-likeness (QED) is 0.852. The molecule has 0 saturated carbocycles. The summed E-state index contributed by atoms with van der Waals surface area (Å²) in [6.07, 6.45) is 0.624. The van der Waals surface area contributed by atoms with Gasteiger partial charge in [0.2, 0.25) is 5.91 Å². The molecular formula is C17H20N2O3S. The highest BCUT2D eigenvalue weighted by atomic mass is 32.1. The van der Waals surface area contributed by atoms with E-state index in [2.05, 4.69) is 10.3 Å². The van der Waals surface area contributed by atoms with E-state index in [1.54, 1.807) is 24.3 Å². The average molecular weight is 332 g/mol. The Balaban J connectivity index is 1.99. The molecule has 0 spiro atoms. The van der Waals surface area contributed by atoms with Crippen LogP contribution in [0.25, 0.3) is 0 Å². The van der Waals surface area contributed by atoms with Crippen molar-refractivity contribution in [2.45, 2.75) is 39.2 Å². The minimum absolute atomic E-state index is 0.122. The molecule has 122 valence electrons. The molecule has 2 aromatic rings. The lowest BCUT2D eigenvalue weighted by Crippen LogP contribution is -2.41. The minimum atomic E-state index is -0.973. The number of hydrogen-bond donors (Lipinski definition) is 2. The Morgan fingerprint density at radius 3 is 2.61 bits per heavy atom. The molecule has 0 saturated heterocycles. The number of aromatic nitrogens is 1. The number of amides is 1. The molecule has 1 heterocycles. The van der Waals surface area contributed by atoms with Gasteiger partial charge < -0.3 is 10.4 Å². The van der Waals surface area contributed by atoms with E-state index in [1.165, 1.54) is 11.3 Å². The van der Waals surface area contributed by atoms with Crippen LogP contribution in [-0.2, 0) is 16.8 Å². The molecule has 23 heavy (non-hydrogen) atoms. The zero-order valence-corrected chi connectivity index (χ0v) is 14.2. The number of nitrogens with zero attached hydrogens (tertiary/aromatic N) is 1. The van der Waals surface area contributed by atoms with E-state index >= 15 is 0 Å². The number of nitrogens with one attached hydrogen (secondary N) is 1. The van der Waals surface area contributed by atoms with Crippen LogP contribution >= 0.6 is 11.3 Å². The number of carbonyl (C=O) groups is 2. The zero-order valence-electron chi connectivity index (χ0n) is 13.4. The number of carboxylic acids is 1. The summed E-state index contributed by atoms with van der Waals surface area (Å²) in [7, 11) is 0. The number of thiazole rings is 1. The second-order valence-electron chi connectivity index (χ2n) is 5.93. The van der Waals surface area contributed by atoms with E-state index in [1.807, 2.05) is 26.2 Å². The summed E-state index contributed by atoms with van der Waals surface area (Å²) in [5.41, 5.74) is 1.30. The van der Waals surface area contributed by atoms with Crippen molar-refractivity contribution >= 4 is 23.2 Å². The predicted molar refractivity (Wildman–Crippen MR) is 89.7 cm³/mol. The van der Waals surface area contributed by atoms with Crippen LogP contribution in [0.2, 0.25) is 0 Å². The van der Waals surface area contributed by atoms with Gasteiger partial charge >= 0.3 is 5.97 Å². The van der Waals surface area contributed by atoms with Gasteiger partial charge in [0.1, 0.15) is 5.01 Å². The molecule has 0 aliphatic carbocycles. The van der Waals surface area contributed by atoms with E-state index in [4.69, 9.17) is 5.11 Å². The highest BCUT2D eigenvalue weighted by Gasteiger charge is 2.26. The molecule has 0 fully saturated rings. The first kappa shape index (κ1) is 17.1. The third kappa shape index (κ3) is 4.39. The van der Waals surface area contributed by atoms with Gasteiger partial charge in [-0.05, 0) is 38.8 Å². The first-order valence-corrected chi connectivity index (χ1v) is 8.22. The monoisotopic (exact) mass is 332 g/mol. The van der Waals surface area contributed by atoms with Gasteiger partial charge in [-0.1, -0.05) is 18.2 Å². The average Bonchev–Trinajstić information content (AvgIpc) is 2.92. The lowest BCUT2D eigenvalue weighted by Gasteiger charge is -2.24. The number of hydrogen-bond acceptors (Lipinski definition) is 4. The van der Waals surface area contributed by atoms with Gasteiger partial charge in [0.05, 0.1) is 11.1 Å². The largest absolute Gasteiger partial charge is 0.478 e. The van der Waals surface area contributed by atoms with Crippen LogP contribution in [0.15, 0.2) is 29.6 Å². The van der Waals surface area contributed by atoms with Crippen molar-refractivity contribution in [3.63, 3.8) is 0 Å². The fourth-order valence-corrected chi connectivity index (χ4v) is 3.18. The summed E-state index contributed by atoms with van der Waals surface area (Å²) in [5.74, 6) is -1.09. The Morgan fingerprint density at radius 1 is 1.30 bits per heavy atom. The Labute approximate surface area is 139 Å². The Hall–Kier alpha value is -2.21. The first-order valence-electron chi connectivity index (χ1n) is 7.34. The molecule has 5 nitrogen and oxygen atoms in total. The summed E-state index contributed by atoms with van der Waals surface area (Å²) >= 11 is 1.52. The zero-order chi connectivity index (χ0) is 17.0. The second kappa shape index (κ2) is 6.91. The predicted octanol–water partition coefficient (Wildman–Crippen LogP) is 3.13. The smallest absolute Gasteiger partial charge is 0.335 e. The number of benzene rings is 1. The van der Waals surface area contributed by atoms with Crippen LogP contribution in [0.5, 0.6) is 0 Å². The number of aromatic carboxylic acids is 1. The molecular weight excluding hydrogens is 312 g/mol. The molecule has 2 rings (SSSR count). The molecule has 0 radical (unpaired) electrons. The van der Waals surface area contributed by atoms with Crippen molar-refractivity contribution in [3.8, 4) is 0 Å². The highest BCUT2D eigenvalue weighted by molar-refractivity contribution is 7.09. The van der Waals surface area contributed by atoms with Crippen LogP contribution in [0.3, 0.4) is 0 Å². The molecule has 0 aliphatic rings. The first-order chi connectivity index (χ1) is 10.8. The lowest BCUT2D eigenvalue weighted by molar-refractivity contribution is -0.122. The molecule has 0 atom stereocenters. The topological polar surface area (TPSA) is 79.3 Å². The second-order valence-corrected chi connectivity index (χ2v) is 6.79. The lowest BCUT2D eigenvalue weighted by atomic mass is 10.0. The van der Waals surface area contributed by atoms with Crippen LogP contribution in [0.4, 0.5) is 0 Å². The van der Waals surface area contributed by atoms with Crippen molar-refractivity contribution in [1.82, 2.24) is 10.3 Å². The van der Waals surface area contributed by atoms with Crippen molar-refractivity contribution in [1.29, 1.82) is 0 Å². The molecule has 6 heteroatoms. The normalized spacial score (nSPS) is 11.3. The van der Waals surface area contributed by atoms with Gasteiger partial charge in [0.15, 0.2) is 0 Å². The molecule has 0 bridgehead atoms. The van der Waals surface area contributed by atoms with Gasteiger partial charge in [0.25, 0.3) is 0 Å². The number of rotatable bonds is 6. The van der Waals surface area contributed by atoms with Crippen molar-refractivity contribution in [2.24, 2.45) is 0 Å². The SMILES string of the molecule is Cc1csc(C(C)(C)NC(=O)CCc2ccccc2C(=O)O)n1. The van der Waals surface area contributed by atoms with Gasteiger partial charge in [-0.25, -0.2) is 9.78 Å². The number of carbonyl (C=O) groups excluding carboxylic acids is 1. The van der Waals surface area contributed by atoms with Crippen LogP contribution in [0, 0.1) is 6.92 Å². The molecule has 2 N–H and O–H groups in total. The molecule has 1 aromatic heterocycles. The number of aryl methyl sites for hydroxylation is 2. The fourth-order valence-electron chi connectivity index (χ4n) is 2.30. The summed E-state index contributed by atoms with van der Waals surface area (Å²) in [5, 5.41) is 14.9. The summed E-state index contributed by atoms with van der Waals surface area (Å²) in [4.78, 5) is 27.8.